The van der Waals surface area contributed by atoms with E-state index in [9.17, 15) is 0 Å². The first-order chi connectivity index (χ1) is 5.85. The summed E-state index contributed by atoms with van der Waals surface area (Å²) in [4.78, 5) is 0. The van der Waals surface area contributed by atoms with E-state index < -0.39 is 0 Å². The molecule has 74 valence electrons. The van der Waals surface area contributed by atoms with Crippen LogP contribution >= 0.6 is 12.6 Å². The van der Waals surface area contributed by atoms with Gasteiger partial charge in [0.1, 0.15) is 0 Å². The molecule has 0 radical (unpaired) electrons. The molecule has 0 rings (SSSR count). The first-order valence-electron chi connectivity index (χ1n) is 5.07. The molecule has 0 amide bonds. The number of rotatable bonds is 8. The summed E-state index contributed by atoms with van der Waals surface area (Å²) in [7, 11) is 0. The number of unbranched alkanes of at least 4 members (excludes halogenated alkanes) is 3. The fraction of sp³-hybridized carbons (Fsp3) is 1.00. The minimum Gasteiger partial charge on any atom is -0.377 e. The summed E-state index contributed by atoms with van der Waals surface area (Å²) in [6.45, 7) is 5.29. The van der Waals surface area contributed by atoms with Crippen molar-refractivity contribution >= 4 is 12.6 Å². The molecule has 0 N–H and O–H groups in total. The number of hydrogen-bond donors (Lipinski definition) is 1. The average molecular weight is 190 g/mol. The SMILES string of the molecule is CCCCCCOC(CC)CS. The lowest BCUT2D eigenvalue weighted by molar-refractivity contribution is 0.0642. The molecule has 0 aliphatic rings. The molecular weight excluding hydrogens is 168 g/mol. The van der Waals surface area contributed by atoms with E-state index in [2.05, 4.69) is 26.5 Å². The molecular formula is C10H22OS. The van der Waals surface area contributed by atoms with Crippen LogP contribution in [-0.4, -0.2) is 18.5 Å². The van der Waals surface area contributed by atoms with E-state index in [1.54, 1.807) is 0 Å². The van der Waals surface area contributed by atoms with Crippen molar-refractivity contribution in [2.75, 3.05) is 12.4 Å². The van der Waals surface area contributed by atoms with Gasteiger partial charge in [-0.15, -0.1) is 0 Å². The summed E-state index contributed by atoms with van der Waals surface area (Å²) in [5, 5.41) is 0. The van der Waals surface area contributed by atoms with Crippen LogP contribution in [0.1, 0.15) is 46.0 Å². The Morgan fingerprint density at radius 1 is 1.17 bits per heavy atom. The molecule has 1 atom stereocenters. The Kier molecular flexibility index (Phi) is 9.64. The molecule has 0 aliphatic heterocycles. The van der Waals surface area contributed by atoms with Gasteiger partial charge in [-0.25, -0.2) is 0 Å². The highest BCUT2D eigenvalue weighted by molar-refractivity contribution is 7.80. The molecule has 12 heavy (non-hydrogen) atoms. The first kappa shape index (κ1) is 12.3. The van der Waals surface area contributed by atoms with E-state index in [1.165, 1.54) is 25.7 Å². The second-order valence-electron chi connectivity index (χ2n) is 3.14. The van der Waals surface area contributed by atoms with E-state index >= 15 is 0 Å². The van der Waals surface area contributed by atoms with E-state index in [1.807, 2.05) is 0 Å². The molecule has 0 bridgehead atoms. The normalized spacial score (nSPS) is 13.2. The van der Waals surface area contributed by atoms with Crippen molar-refractivity contribution in [1.82, 2.24) is 0 Å². The van der Waals surface area contributed by atoms with E-state index in [4.69, 9.17) is 4.74 Å². The van der Waals surface area contributed by atoms with Crippen LogP contribution in [0, 0.1) is 0 Å². The van der Waals surface area contributed by atoms with Gasteiger partial charge in [0.15, 0.2) is 0 Å². The predicted molar refractivity (Wildman–Crippen MR) is 58.0 cm³/mol. The van der Waals surface area contributed by atoms with Gasteiger partial charge in [0, 0.05) is 12.4 Å². The van der Waals surface area contributed by atoms with Crippen LogP contribution in [-0.2, 0) is 4.74 Å². The third kappa shape index (κ3) is 6.99. The molecule has 0 aromatic rings. The van der Waals surface area contributed by atoms with Crippen LogP contribution in [0.15, 0.2) is 0 Å². The smallest absolute Gasteiger partial charge is 0.0660 e. The highest BCUT2D eigenvalue weighted by atomic mass is 32.1. The fourth-order valence-corrected chi connectivity index (χ4v) is 1.44. The zero-order chi connectivity index (χ0) is 9.23. The standard InChI is InChI=1S/C10H22OS/c1-3-5-6-7-8-11-10(4-2)9-12/h10,12H,3-9H2,1-2H3. The molecule has 2 heteroatoms. The Morgan fingerprint density at radius 2 is 1.92 bits per heavy atom. The van der Waals surface area contributed by atoms with Crippen LogP contribution in [0.5, 0.6) is 0 Å². The molecule has 0 aromatic carbocycles. The zero-order valence-corrected chi connectivity index (χ0v) is 9.28. The van der Waals surface area contributed by atoms with Crippen molar-refractivity contribution in [3.05, 3.63) is 0 Å². The van der Waals surface area contributed by atoms with Gasteiger partial charge in [-0.05, 0) is 12.8 Å². The largest absolute Gasteiger partial charge is 0.377 e. The van der Waals surface area contributed by atoms with Gasteiger partial charge in [0.25, 0.3) is 0 Å². The molecule has 0 saturated carbocycles. The quantitative estimate of drug-likeness (QED) is 0.456. The van der Waals surface area contributed by atoms with Crippen LogP contribution in [0.3, 0.4) is 0 Å². The molecule has 0 aliphatic carbocycles. The monoisotopic (exact) mass is 190 g/mol. The Bertz CT molecular complexity index is 81.9. The summed E-state index contributed by atoms with van der Waals surface area (Å²) in [5.74, 6) is 0.851. The van der Waals surface area contributed by atoms with Gasteiger partial charge >= 0.3 is 0 Å². The molecule has 1 nitrogen and oxygen atoms in total. The van der Waals surface area contributed by atoms with Gasteiger partial charge in [-0.1, -0.05) is 33.1 Å². The van der Waals surface area contributed by atoms with Crippen LogP contribution < -0.4 is 0 Å². The second kappa shape index (κ2) is 9.40. The van der Waals surface area contributed by atoms with Crippen molar-refractivity contribution in [3.8, 4) is 0 Å². The molecule has 0 heterocycles. The molecule has 0 fully saturated rings. The van der Waals surface area contributed by atoms with E-state index in [-0.39, 0.29) is 0 Å². The highest BCUT2D eigenvalue weighted by Gasteiger charge is 2.01. The van der Waals surface area contributed by atoms with Gasteiger partial charge in [-0.3, -0.25) is 0 Å². The second-order valence-corrected chi connectivity index (χ2v) is 3.51. The Morgan fingerprint density at radius 3 is 2.42 bits per heavy atom. The lowest BCUT2D eigenvalue weighted by atomic mass is 10.2. The van der Waals surface area contributed by atoms with Crippen molar-refractivity contribution in [3.63, 3.8) is 0 Å². The molecule has 0 aromatic heterocycles. The lowest BCUT2D eigenvalue weighted by Gasteiger charge is -2.12. The van der Waals surface area contributed by atoms with Crippen molar-refractivity contribution in [1.29, 1.82) is 0 Å². The minimum absolute atomic E-state index is 0.370. The predicted octanol–water partition coefficient (Wildman–Crippen LogP) is 3.29. The van der Waals surface area contributed by atoms with E-state index in [0.29, 0.717) is 6.10 Å². The Balaban J connectivity index is 3.06. The number of ether oxygens (including phenoxy) is 1. The van der Waals surface area contributed by atoms with Gasteiger partial charge in [0.05, 0.1) is 6.10 Å². The van der Waals surface area contributed by atoms with Gasteiger partial charge < -0.3 is 4.74 Å². The average Bonchev–Trinajstić information content (AvgIpc) is 2.11. The first-order valence-corrected chi connectivity index (χ1v) is 5.70. The van der Waals surface area contributed by atoms with Crippen LogP contribution in [0.25, 0.3) is 0 Å². The maximum atomic E-state index is 5.61. The van der Waals surface area contributed by atoms with Crippen molar-refractivity contribution in [2.24, 2.45) is 0 Å². The summed E-state index contributed by atoms with van der Waals surface area (Å²) in [5.41, 5.74) is 0. The third-order valence-electron chi connectivity index (χ3n) is 2.01. The summed E-state index contributed by atoms with van der Waals surface area (Å²) in [6, 6.07) is 0. The number of hydrogen-bond acceptors (Lipinski definition) is 2. The fourth-order valence-electron chi connectivity index (χ4n) is 1.08. The third-order valence-corrected chi connectivity index (χ3v) is 2.42. The topological polar surface area (TPSA) is 9.23 Å². The molecule has 0 saturated heterocycles. The maximum absolute atomic E-state index is 5.61. The summed E-state index contributed by atoms with van der Waals surface area (Å²) < 4.78 is 5.61. The van der Waals surface area contributed by atoms with Crippen LogP contribution in [0.4, 0.5) is 0 Å². The highest BCUT2D eigenvalue weighted by Crippen LogP contribution is 2.04. The lowest BCUT2D eigenvalue weighted by Crippen LogP contribution is -2.14. The van der Waals surface area contributed by atoms with E-state index in [0.717, 1.165) is 18.8 Å². The summed E-state index contributed by atoms with van der Waals surface area (Å²) in [6.07, 6.45) is 6.59. The molecule has 0 spiro atoms. The zero-order valence-electron chi connectivity index (χ0n) is 8.38. The van der Waals surface area contributed by atoms with Crippen LogP contribution in [0.2, 0.25) is 0 Å². The maximum Gasteiger partial charge on any atom is 0.0660 e. The van der Waals surface area contributed by atoms with Gasteiger partial charge in [0.2, 0.25) is 0 Å². The van der Waals surface area contributed by atoms with Crippen molar-refractivity contribution < 1.29 is 4.74 Å². The Hall–Kier alpha value is 0.310. The van der Waals surface area contributed by atoms with Crippen molar-refractivity contribution in [2.45, 2.75) is 52.1 Å². The van der Waals surface area contributed by atoms with Gasteiger partial charge in [-0.2, -0.15) is 12.6 Å². The minimum atomic E-state index is 0.370. The molecule has 1 unspecified atom stereocenters. The Labute approximate surface area is 82.3 Å². The summed E-state index contributed by atoms with van der Waals surface area (Å²) >= 11 is 4.21. The number of thiol groups is 1.